The van der Waals surface area contributed by atoms with Crippen LogP contribution in [0.2, 0.25) is 0 Å². The number of hydrogen-bond donors (Lipinski definition) is 0. The van der Waals surface area contributed by atoms with Crippen LogP contribution in [0.15, 0.2) is 29.3 Å². The Kier molecular flexibility index (Phi) is 1.95. The molecule has 1 aromatic rings. The molecule has 2 rings (SSSR count). The lowest BCUT2D eigenvalue weighted by Gasteiger charge is -2.21. The van der Waals surface area contributed by atoms with Gasteiger partial charge < -0.3 is 0 Å². The molecule has 1 heterocycles. The van der Waals surface area contributed by atoms with E-state index < -0.39 is 0 Å². The van der Waals surface area contributed by atoms with Gasteiger partial charge in [-0.25, -0.2) is 0 Å². The highest BCUT2D eigenvalue weighted by molar-refractivity contribution is 5.46. The van der Waals surface area contributed by atoms with Crippen molar-refractivity contribution in [2.45, 2.75) is 26.8 Å². The second-order valence-electron chi connectivity index (χ2n) is 3.86. The summed E-state index contributed by atoms with van der Waals surface area (Å²) in [5.41, 5.74) is 1.47. The van der Waals surface area contributed by atoms with Gasteiger partial charge in [-0.15, -0.1) is 0 Å². The molecule has 0 spiro atoms. The van der Waals surface area contributed by atoms with E-state index in [-0.39, 0.29) is 0 Å². The Bertz CT molecular complexity index is 431. The van der Waals surface area contributed by atoms with Crippen molar-refractivity contribution in [1.82, 2.24) is 0 Å². The largest absolute Gasteiger partial charge is 0.281 e. The van der Waals surface area contributed by atoms with Crippen LogP contribution in [0.1, 0.15) is 20.8 Å². The first-order valence-corrected chi connectivity index (χ1v) is 4.84. The summed E-state index contributed by atoms with van der Waals surface area (Å²) < 4.78 is 0. The van der Waals surface area contributed by atoms with E-state index in [9.17, 15) is 0 Å². The Labute approximate surface area is 78.8 Å². The Balaban J connectivity index is 2.81. The summed E-state index contributed by atoms with van der Waals surface area (Å²) in [6, 6.07) is 8.83. The minimum atomic E-state index is 0.426. The van der Waals surface area contributed by atoms with E-state index in [1.54, 1.807) is 0 Å². The molecule has 0 N–H and O–H groups in total. The third-order valence-electron chi connectivity index (χ3n) is 3.08. The van der Waals surface area contributed by atoms with Crippen LogP contribution in [-0.2, 0) is 0 Å². The van der Waals surface area contributed by atoms with Gasteiger partial charge in [0.25, 0.3) is 0 Å². The van der Waals surface area contributed by atoms with E-state index in [2.05, 4.69) is 50.0 Å². The molecule has 1 aliphatic heterocycles. The van der Waals surface area contributed by atoms with Gasteiger partial charge in [0.05, 0.1) is 11.4 Å². The van der Waals surface area contributed by atoms with Crippen molar-refractivity contribution in [3.63, 3.8) is 0 Å². The van der Waals surface area contributed by atoms with Crippen molar-refractivity contribution in [2.75, 3.05) is 0 Å². The number of benzene rings is 1. The first-order chi connectivity index (χ1) is 6.20. The molecule has 0 radical (unpaired) electrons. The van der Waals surface area contributed by atoms with Crippen molar-refractivity contribution >= 4 is 5.57 Å². The number of nitrogens with zero attached hydrogens (tertiary/aromatic N) is 1. The van der Waals surface area contributed by atoms with Crippen LogP contribution in [-0.4, -0.2) is 6.04 Å². The van der Waals surface area contributed by atoms with Crippen molar-refractivity contribution in [1.29, 1.82) is 0 Å². The highest BCUT2D eigenvalue weighted by Gasteiger charge is 2.16. The molecule has 0 saturated heterocycles. The van der Waals surface area contributed by atoms with Crippen molar-refractivity contribution < 1.29 is 0 Å². The smallest absolute Gasteiger partial charge is 0.0649 e. The van der Waals surface area contributed by atoms with Crippen molar-refractivity contribution in [3.8, 4) is 0 Å². The van der Waals surface area contributed by atoms with Gasteiger partial charge >= 0.3 is 0 Å². The average molecular weight is 173 g/mol. The molecular weight excluding hydrogens is 158 g/mol. The molecule has 2 unspecified atom stereocenters. The van der Waals surface area contributed by atoms with Crippen molar-refractivity contribution in [2.24, 2.45) is 10.9 Å². The van der Waals surface area contributed by atoms with Crippen LogP contribution in [0.4, 0.5) is 0 Å². The topological polar surface area (TPSA) is 12.4 Å². The predicted octanol–water partition coefficient (Wildman–Crippen LogP) is 1.51. The molecule has 68 valence electrons. The Morgan fingerprint density at radius 3 is 2.62 bits per heavy atom. The van der Waals surface area contributed by atoms with Gasteiger partial charge in [-0.05, 0) is 31.1 Å². The third kappa shape index (κ3) is 1.28. The monoisotopic (exact) mass is 173 g/mol. The van der Waals surface area contributed by atoms with Crippen LogP contribution in [0.5, 0.6) is 0 Å². The maximum absolute atomic E-state index is 4.66. The van der Waals surface area contributed by atoms with Crippen LogP contribution < -0.4 is 10.6 Å². The zero-order valence-electron chi connectivity index (χ0n) is 8.41. The molecule has 1 nitrogen and oxygen atoms in total. The second-order valence-corrected chi connectivity index (χ2v) is 3.86. The fourth-order valence-corrected chi connectivity index (χ4v) is 1.86. The summed E-state index contributed by atoms with van der Waals surface area (Å²) in [6.45, 7) is 6.65. The Hall–Kier alpha value is -1.11. The second kappa shape index (κ2) is 2.99. The zero-order valence-corrected chi connectivity index (χ0v) is 8.41. The molecular formula is C12H15N. The summed E-state index contributed by atoms with van der Waals surface area (Å²) in [6.07, 6.45) is 0. The summed E-state index contributed by atoms with van der Waals surface area (Å²) in [4.78, 5) is 4.66. The number of para-hydroxylation sites is 1. The summed E-state index contributed by atoms with van der Waals surface area (Å²) in [5.74, 6) is 0.579. The molecule has 1 aliphatic rings. The molecule has 0 saturated carbocycles. The lowest BCUT2D eigenvalue weighted by molar-refractivity contribution is 0.569. The quantitative estimate of drug-likeness (QED) is 0.564. The van der Waals surface area contributed by atoms with E-state index in [0.717, 1.165) is 5.36 Å². The van der Waals surface area contributed by atoms with Gasteiger partial charge in [0.15, 0.2) is 0 Å². The van der Waals surface area contributed by atoms with E-state index in [1.165, 1.54) is 10.8 Å². The number of fused-ring (bicyclic) bond motifs is 1. The lowest BCUT2D eigenvalue weighted by Crippen LogP contribution is -2.36. The third-order valence-corrected chi connectivity index (χ3v) is 3.08. The summed E-state index contributed by atoms with van der Waals surface area (Å²) >= 11 is 0. The summed E-state index contributed by atoms with van der Waals surface area (Å²) in [5, 5.41) is 2.48. The van der Waals surface area contributed by atoms with Gasteiger partial charge in [0.1, 0.15) is 0 Å². The maximum atomic E-state index is 4.66. The Morgan fingerprint density at radius 1 is 1.15 bits per heavy atom. The van der Waals surface area contributed by atoms with Gasteiger partial charge in [0, 0.05) is 0 Å². The highest BCUT2D eigenvalue weighted by Crippen LogP contribution is 2.17. The molecule has 1 heteroatoms. The van der Waals surface area contributed by atoms with E-state index >= 15 is 0 Å². The van der Waals surface area contributed by atoms with Gasteiger partial charge in [-0.2, -0.15) is 0 Å². The van der Waals surface area contributed by atoms with E-state index in [1.807, 2.05) is 0 Å². The van der Waals surface area contributed by atoms with Gasteiger partial charge in [0.2, 0.25) is 0 Å². The number of rotatable bonds is 0. The fraction of sp³-hybridized carbons (Fsp3) is 0.417. The van der Waals surface area contributed by atoms with Gasteiger partial charge in [-0.3, -0.25) is 4.99 Å². The lowest BCUT2D eigenvalue weighted by atomic mass is 9.91. The average Bonchev–Trinajstić information content (AvgIpc) is 2.15. The standard InChI is InChI=1S/C12H15N/c1-8-9(2)11-6-4-5-7-12(11)13-10(8)3/h4-8,10H,1-3H3. The van der Waals surface area contributed by atoms with Crippen LogP contribution in [0, 0.1) is 5.92 Å². The predicted molar refractivity (Wildman–Crippen MR) is 54.9 cm³/mol. The highest BCUT2D eigenvalue weighted by atomic mass is 14.8. The molecule has 0 fully saturated rings. The first-order valence-electron chi connectivity index (χ1n) is 4.84. The number of hydrogen-bond acceptors (Lipinski definition) is 1. The first kappa shape index (κ1) is 8.49. The minimum Gasteiger partial charge on any atom is -0.281 e. The molecule has 1 aromatic carbocycles. The van der Waals surface area contributed by atoms with Crippen molar-refractivity contribution in [3.05, 3.63) is 34.8 Å². The van der Waals surface area contributed by atoms with E-state index in [4.69, 9.17) is 0 Å². The molecule has 0 aromatic heterocycles. The summed E-state index contributed by atoms with van der Waals surface area (Å²) in [7, 11) is 0. The molecule has 13 heavy (non-hydrogen) atoms. The Morgan fingerprint density at radius 2 is 1.85 bits per heavy atom. The zero-order chi connectivity index (χ0) is 9.42. The molecule has 0 aliphatic carbocycles. The molecule has 0 bridgehead atoms. The van der Waals surface area contributed by atoms with Gasteiger partial charge in [-0.1, -0.05) is 30.7 Å². The normalized spacial score (nSPS) is 26.5. The SMILES string of the molecule is CC1=c2ccccc2=NC(C)C1C. The van der Waals surface area contributed by atoms with Crippen LogP contribution in [0.3, 0.4) is 0 Å². The van der Waals surface area contributed by atoms with E-state index in [0.29, 0.717) is 12.0 Å². The molecule has 2 atom stereocenters. The fourth-order valence-electron chi connectivity index (χ4n) is 1.86. The van der Waals surface area contributed by atoms with Crippen LogP contribution >= 0.6 is 0 Å². The minimum absolute atomic E-state index is 0.426. The van der Waals surface area contributed by atoms with Crippen LogP contribution in [0.25, 0.3) is 5.57 Å². The molecule has 0 amide bonds. The maximum Gasteiger partial charge on any atom is 0.0649 e.